The number of carbonyl (C=O) groups is 1. The summed E-state index contributed by atoms with van der Waals surface area (Å²) >= 11 is 1.18. The fourth-order valence-electron chi connectivity index (χ4n) is 3.71. The van der Waals surface area contributed by atoms with E-state index in [1.807, 2.05) is 0 Å². The highest BCUT2D eigenvalue weighted by Gasteiger charge is 2.33. The summed E-state index contributed by atoms with van der Waals surface area (Å²) in [6.07, 6.45) is 1.66. The number of ether oxygens (including phenoxy) is 2. The average molecular weight is 468 g/mol. The van der Waals surface area contributed by atoms with Crippen LogP contribution in [-0.4, -0.2) is 29.6 Å². The zero-order valence-electron chi connectivity index (χ0n) is 17.9. The van der Waals surface area contributed by atoms with Gasteiger partial charge in [-0.1, -0.05) is 54.7 Å². The number of aromatic nitrogens is 2. The maximum atomic E-state index is 13.9. The Balaban J connectivity index is 1.71. The van der Waals surface area contributed by atoms with Crippen LogP contribution in [0.15, 0.2) is 65.1 Å². The number of hydrogen-bond donors (Lipinski definition) is 2. The summed E-state index contributed by atoms with van der Waals surface area (Å²) < 4.78 is 25.2. The molecule has 7 nitrogen and oxygen atoms in total. The fourth-order valence-corrected chi connectivity index (χ4v) is 4.56. The second-order valence-corrected chi connectivity index (χ2v) is 8.26. The Labute approximate surface area is 194 Å². The van der Waals surface area contributed by atoms with Crippen molar-refractivity contribution in [2.45, 2.75) is 23.2 Å². The highest BCUT2D eigenvalue weighted by molar-refractivity contribution is 7.98. The molecule has 1 amide bonds. The minimum Gasteiger partial charge on any atom is -0.493 e. The summed E-state index contributed by atoms with van der Waals surface area (Å²) in [6, 6.07) is 11.7. The molecule has 0 saturated carbocycles. The van der Waals surface area contributed by atoms with E-state index in [0.717, 1.165) is 0 Å². The predicted molar refractivity (Wildman–Crippen MR) is 125 cm³/mol. The number of methoxy groups -OCH3 is 1. The molecule has 0 aliphatic carbocycles. The molecule has 0 unspecified atom stereocenters. The van der Waals surface area contributed by atoms with Gasteiger partial charge in [0.2, 0.25) is 5.91 Å². The summed E-state index contributed by atoms with van der Waals surface area (Å²) in [5, 5.41) is 2.98. The van der Waals surface area contributed by atoms with E-state index < -0.39 is 5.92 Å². The van der Waals surface area contributed by atoms with Crippen molar-refractivity contribution in [1.29, 1.82) is 0 Å². The van der Waals surface area contributed by atoms with Crippen LogP contribution in [-0.2, 0) is 10.5 Å². The normalized spacial score (nSPS) is 14.8. The van der Waals surface area contributed by atoms with Gasteiger partial charge >= 0.3 is 0 Å². The third-order valence-electron chi connectivity index (χ3n) is 5.20. The highest BCUT2D eigenvalue weighted by Crippen LogP contribution is 2.42. The van der Waals surface area contributed by atoms with Crippen LogP contribution in [0.5, 0.6) is 11.5 Å². The van der Waals surface area contributed by atoms with Gasteiger partial charge in [0.25, 0.3) is 5.56 Å². The van der Waals surface area contributed by atoms with Crippen LogP contribution < -0.4 is 20.3 Å². The first-order valence-corrected chi connectivity index (χ1v) is 11.2. The van der Waals surface area contributed by atoms with Crippen molar-refractivity contribution in [3.63, 3.8) is 0 Å². The molecule has 9 heteroatoms. The minimum atomic E-state index is -0.578. The van der Waals surface area contributed by atoms with E-state index in [1.165, 1.54) is 24.9 Å². The van der Waals surface area contributed by atoms with Gasteiger partial charge in [0.1, 0.15) is 18.2 Å². The standard InChI is InChI=1S/C24H22FN3O4S/c1-3-11-32-21-15(8-6-10-18(21)31-2)16-12-19(29)26-22-20(16)23(30)28-24(27-22)33-13-14-7-4-5-9-17(14)25/h3-10,16H,1,11-13H2,2H3,(H2,26,27,28,29,30)/t16-/m0/s1. The Morgan fingerprint density at radius 3 is 2.82 bits per heavy atom. The first-order chi connectivity index (χ1) is 16.0. The van der Waals surface area contributed by atoms with E-state index in [9.17, 15) is 14.0 Å². The summed E-state index contributed by atoms with van der Waals surface area (Å²) in [6.45, 7) is 3.90. The van der Waals surface area contributed by atoms with Crippen LogP contribution in [0, 0.1) is 5.82 Å². The molecule has 2 heterocycles. The summed E-state index contributed by atoms with van der Waals surface area (Å²) in [4.78, 5) is 32.8. The average Bonchev–Trinajstić information content (AvgIpc) is 2.81. The second kappa shape index (κ2) is 9.91. The third-order valence-corrected chi connectivity index (χ3v) is 6.12. The number of amides is 1. The van der Waals surface area contributed by atoms with E-state index in [4.69, 9.17) is 9.47 Å². The van der Waals surface area contributed by atoms with Crippen LogP contribution in [0.25, 0.3) is 0 Å². The lowest BCUT2D eigenvalue weighted by Gasteiger charge is -2.26. The Kier molecular flexibility index (Phi) is 6.79. The van der Waals surface area contributed by atoms with Gasteiger partial charge in [-0.05, 0) is 17.7 Å². The van der Waals surface area contributed by atoms with Crippen LogP contribution >= 0.6 is 11.8 Å². The molecule has 4 rings (SSSR count). The molecular formula is C24H22FN3O4S. The lowest BCUT2D eigenvalue weighted by Crippen LogP contribution is -2.31. The molecular weight excluding hydrogens is 445 g/mol. The predicted octanol–water partition coefficient (Wildman–Crippen LogP) is 4.25. The number of nitrogens with zero attached hydrogens (tertiary/aromatic N) is 1. The lowest BCUT2D eigenvalue weighted by molar-refractivity contribution is -0.116. The highest BCUT2D eigenvalue weighted by atomic mass is 32.2. The number of hydrogen-bond acceptors (Lipinski definition) is 6. The number of carbonyl (C=O) groups excluding carboxylic acids is 1. The molecule has 2 N–H and O–H groups in total. The van der Waals surface area contributed by atoms with Gasteiger partial charge in [0.15, 0.2) is 16.7 Å². The number of rotatable bonds is 8. The van der Waals surface area contributed by atoms with E-state index >= 15 is 0 Å². The molecule has 33 heavy (non-hydrogen) atoms. The summed E-state index contributed by atoms with van der Waals surface area (Å²) in [5.41, 5.74) is 1.09. The molecule has 2 aromatic carbocycles. The van der Waals surface area contributed by atoms with E-state index in [2.05, 4.69) is 21.9 Å². The van der Waals surface area contributed by atoms with Crippen molar-refractivity contribution in [1.82, 2.24) is 9.97 Å². The SMILES string of the molecule is C=CCOc1c(OC)cccc1[C@@H]1CC(=O)Nc2nc(SCc3ccccc3F)[nH]c(=O)c21. The van der Waals surface area contributed by atoms with E-state index in [-0.39, 0.29) is 47.0 Å². The van der Waals surface area contributed by atoms with Crippen LogP contribution in [0.4, 0.5) is 10.2 Å². The monoisotopic (exact) mass is 467 g/mol. The molecule has 0 spiro atoms. The number of thioether (sulfide) groups is 1. The fraction of sp³-hybridized carbons (Fsp3) is 0.208. The number of fused-ring (bicyclic) bond motifs is 1. The Morgan fingerprint density at radius 1 is 1.24 bits per heavy atom. The Morgan fingerprint density at radius 2 is 2.06 bits per heavy atom. The van der Waals surface area contributed by atoms with Crippen molar-refractivity contribution >= 4 is 23.5 Å². The van der Waals surface area contributed by atoms with Crippen LogP contribution in [0.3, 0.4) is 0 Å². The van der Waals surface area contributed by atoms with Crippen molar-refractivity contribution in [3.05, 3.63) is 88.0 Å². The zero-order chi connectivity index (χ0) is 23.4. The first-order valence-electron chi connectivity index (χ1n) is 10.2. The van der Waals surface area contributed by atoms with Gasteiger partial charge in [-0.15, -0.1) is 0 Å². The summed E-state index contributed by atoms with van der Waals surface area (Å²) in [5.74, 6) is 0.225. The molecule has 0 saturated heterocycles. The topological polar surface area (TPSA) is 93.3 Å². The third kappa shape index (κ3) is 4.78. The van der Waals surface area contributed by atoms with Gasteiger partial charge in [0, 0.05) is 23.7 Å². The van der Waals surface area contributed by atoms with Crippen molar-refractivity contribution in [2.75, 3.05) is 19.0 Å². The summed E-state index contributed by atoms with van der Waals surface area (Å²) in [7, 11) is 1.52. The number of aromatic amines is 1. The molecule has 3 aromatic rings. The van der Waals surface area contributed by atoms with Gasteiger partial charge < -0.3 is 19.8 Å². The molecule has 0 fully saturated rings. The van der Waals surface area contributed by atoms with Crippen molar-refractivity contribution < 1.29 is 18.7 Å². The van der Waals surface area contributed by atoms with Gasteiger partial charge in [0.05, 0.1) is 12.7 Å². The second-order valence-electron chi connectivity index (χ2n) is 7.30. The molecule has 1 aliphatic heterocycles. The smallest absolute Gasteiger partial charge is 0.257 e. The van der Waals surface area contributed by atoms with Crippen molar-refractivity contribution in [3.8, 4) is 11.5 Å². The minimum absolute atomic E-state index is 0.0527. The van der Waals surface area contributed by atoms with Gasteiger partial charge in [-0.3, -0.25) is 9.59 Å². The number of nitrogens with one attached hydrogen (secondary N) is 2. The molecule has 170 valence electrons. The van der Waals surface area contributed by atoms with Crippen LogP contribution in [0.1, 0.15) is 29.0 Å². The Bertz CT molecular complexity index is 1260. The maximum absolute atomic E-state index is 13.9. The number of benzene rings is 2. The number of H-pyrrole nitrogens is 1. The molecule has 0 radical (unpaired) electrons. The molecule has 1 atom stereocenters. The number of halogens is 1. The zero-order valence-corrected chi connectivity index (χ0v) is 18.7. The van der Waals surface area contributed by atoms with Crippen LogP contribution in [0.2, 0.25) is 0 Å². The van der Waals surface area contributed by atoms with Gasteiger partial charge in [-0.2, -0.15) is 0 Å². The largest absolute Gasteiger partial charge is 0.493 e. The lowest BCUT2D eigenvalue weighted by atomic mass is 9.86. The quantitative estimate of drug-likeness (QED) is 0.292. The van der Waals surface area contributed by atoms with Gasteiger partial charge in [-0.25, -0.2) is 9.37 Å². The first kappa shape index (κ1) is 22.6. The van der Waals surface area contributed by atoms with E-state index in [0.29, 0.717) is 28.2 Å². The Hall–Kier alpha value is -3.59. The number of anilines is 1. The van der Waals surface area contributed by atoms with E-state index in [1.54, 1.807) is 42.5 Å². The maximum Gasteiger partial charge on any atom is 0.257 e. The van der Waals surface area contributed by atoms with Crippen molar-refractivity contribution in [2.24, 2.45) is 0 Å². The molecule has 1 aromatic heterocycles. The number of para-hydroxylation sites is 1. The molecule has 0 bridgehead atoms. The molecule has 1 aliphatic rings.